The van der Waals surface area contributed by atoms with Crippen LogP contribution < -0.4 is 5.32 Å². The number of carboxylic acids is 1. The summed E-state index contributed by atoms with van der Waals surface area (Å²) in [7, 11) is 0. The van der Waals surface area contributed by atoms with Crippen molar-refractivity contribution in [2.24, 2.45) is 5.41 Å². The molecule has 0 saturated carbocycles. The molecular weight excluding hydrogens is 240 g/mol. The first kappa shape index (κ1) is 16.4. The fourth-order valence-corrected chi connectivity index (χ4v) is 2.86. The molecule has 19 heavy (non-hydrogen) atoms. The largest absolute Gasteiger partial charge is 0.480 e. The van der Waals surface area contributed by atoms with Crippen molar-refractivity contribution >= 4 is 5.97 Å². The molecule has 1 aliphatic rings. The van der Waals surface area contributed by atoms with E-state index in [9.17, 15) is 9.90 Å². The van der Waals surface area contributed by atoms with Gasteiger partial charge in [-0.25, -0.2) is 0 Å². The Morgan fingerprint density at radius 1 is 1.42 bits per heavy atom. The van der Waals surface area contributed by atoms with Crippen LogP contribution in [0.4, 0.5) is 0 Å². The van der Waals surface area contributed by atoms with Gasteiger partial charge in [-0.05, 0) is 52.1 Å². The van der Waals surface area contributed by atoms with Crippen LogP contribution in [0.15, 0.2) is 0 Å². The average Bonchev–Trinajstić information content (AvgIpc) is 2.31. The molecule has 1 heterocycles. The molecule has 0 radical (unpaired) electrons. The topological polar surface area (TPSA) is 52.6 Å². The molecule has 1 saturated heterocycles. The summed E-state index contributed by atoms with van der Waals surface area (Å²) in [5.74, 6) is -0.759. The van der Waals surface area contributed by atoms with Gasteiger partial charge in [-0.2, -0.15) is 0 Å². The quantitative estimate of drug-likeness (QED) is 0.778. The van der Waals surface area contributed by atoms with Gasteiger partial charge in [0.15, 0.2) is 0 Å². The molecule has 0 aromatic heterocycles. The number of carboxylic acid groups (broad SMARTS) is 1. The smallest absolute Gasteiger partial charge is 0.324 e. The van der Waals surface area contributed by atoms with Crippen LogP contribution in [0.25, 0.3) is 0 Å². The third kappa shape index (κ3) is 4.46. The van der Waals surface area contributed by atoms with E-state index in [1.165, 1.54) is 19.3 Å². The number of aliphatic carboxylic acids is 1. The van der Waals surface area contributed by atoms with Gasteiger partial charge in [0.1, 0.15) is 5.54 Å². The van der Waals surface area contributed by atoms with Crippen molar-refractivity contribution in [1.82, 2.24) is 10.2 Å². The predicted molar refractivity (Wildman–Crippen MR) is 78.4 cm³/mol. The summed E-state index contributed by atoms with van der Waals surface area (Å²) in [5.41, 5.74) is -0.407. The first-order valence-electron chi connectivity index (χ1n) is 7.44. The van der Waals surface area contributed by atoms with Gasteiger partial charge < -0.3 is 10.0 Å². The maximum absolute atomic E-state index is 11.5. The predicted octanol–water partition coefficient (Wildman–Crippen LogP) is 2.34. The van der Waals surface area contributed by atoms with Crippen LogP contribution in [-0.2, 0) is 4.79 Å². The second kappa shape index (κ2) is 6.23. The van der Waals surface area contributed by atoms with Crippen LogP contribution in [0, 0.1) is 5.41 Å². The zero-order valence-corrected chi connectivity index (χ0v) is 13.1. The second-order valence-electron chi connectivity index (χ2n) is 6.88. The molecule has 112 valence electrons. The van der Waals surface area contributed by atoms with Crippen molar-refractivity contribution in [2.45, 2.75) is 65.5 Å². The Morgan fingerprint density at radius 2 is 1.95 bits per heavy atom. The molecule has 2 N–H and O–H groups in total. The maximum Gasteiger partial charge on any atom is 0.324 e. The molecule has 0 aliphatic carbocycles. The van der Waals surface area contributed by atoms with Crippen molar-refractivity contribution in [2.75, 3.05) is 19.6 Å². The molecule has 0 bridgehead atoms. The minimum atomic E-state index is -0.853. The number of rotatable bonds is 6. The van der Waals surface area contributed by atoms with E-state index in [0.717, 1.165) is 13.1 Å². The summed E-state index contributed by atoms with van der Waals surface area (Å²) < 4.78 is 0. The zero-order chi connectivity index (χ0) is 14.7. The van der Waals surface area contributed by atoms with Gasteiger partial charge in [0.25, 0.3) is 0 Å². The molecule has 0 spiro atoms. The van der Waals surface area contributed by atoms with Crippen molar-refractivity contribution < 1.29 is 9.90 Å². The lowest BCUT2D eigenvalue weighted by Crippen LogP contribution is -2.60. The highest BCUT2D eigenvalue weighted by molar-refractivity contribution is 5.78. The Hall–Kier alpha value is -0.610. The van der Waals surface area contributed by atoms with Gasteiger partial charge in [0.05, 0.1) is 0 Å². The highest BCUT2D eigenvalue weighted by Crippen LogP contribution is 2.34. The van der Waals surface area contributed by atoms with Gasteiger partial charge in [0.2, 0.25) is 0 Å². The van der Waals surface area contributed by atoms with E-state index in [2.05, 4.69) is 24.1 Å². The van der Waals surface area contributed by atoms with Gasteiger partial charge in [-0.1, -0.05) is 20.3 Å². The average molecular weight is 270 g/mol. The fraction of sp³-hybridized carbons (Fsp3) is 0.933. The number of likely N-dealkylation sites (tertiary alicyclic amines) is 1. The van der Waals surface area contributed by atoms with Crippen molar-refractivity contribution in [1.29, 1.82) is 0 Å². The van der Waals surface area contributed by atoms with E-state index in [1.807, 2.05) is 13.8 Å². The molecule has 4 heteroatoms. The van der Waals surface area contributed by atoms with E-state index < -0.39 is 11.5 Å². The highest BCUT2D eigenvalue weighted by atomic mass is 16.4. The Labute approximate surface area is 117 Å². The Kier molecular flexibility index (Phi) is 5.39. The van der Waals surface area contributed by atoms with Crippen LogP contribution in [0.3, 0.4) is 0 Å². The fourth-order valence-electron chi connectivity index (χ4n) is 2.86. The summed E-state index contributed by atoms with van der Waals surface area (Å²) in [6.07, 6.45) is 3.54. The van der Waals surface area contributed by atoms with Crippen LogP contribution in [0.2, 0.25) is 0 Å². The highest BCUT2D eigenvalue weighted by Gasteiger charge is 2.37. The summed E-state index contributed by atoms with van der Waals surface area (Å²) in [6.45, 7) is 13.0. The van der Waals surface area contributed by atoms with Crippen molar-refractivity contribution in [3.8, 4) is 0 Å². The SMILES string of the molecule is CCC1(C)CCN(CC(C)(NC(C)C)C(=O)O)CC1. The monoisotopic (exact) mass is 270 g/mol. The third-order valence-electron chi connectivity index (χ3n) is 4.54. The zero-order valence-electron chi connectivity index (χ0n) is 13.1. The van der Waals surface area contributed by atoms with Crippen LogP contribution >= 0.6 is 0 Å². The van der Waals surface area contributed by atoms with E-state index in [4.69, 9.17) is 0 Å². The first-order chi connectivity index (χ1) is 8.71. The van der Waals surface area contributed by atoms with Gasteiger partial charge in [-0.15, -0.1) is 0 Å². The van der Waals surface area contributed by atoms with E-state index >= 15 is 0 Å². The Morgan fingerprint density at radius 3 is 2.32 bits per heavy atom. The molecule has 1 atom stereocenters. The number of nitrogens with one attached hydrogen (secondary N) is 1. The molecule has 1 unspecified atom stereocenters. The molecule has 0 amide bonds. The van der Waals surface area contributed by atoms with E-state index in [1.54, 1.807) is 6.92 Å². The van der Waals surface area contributed by atoms with Gasteiger partial charge >= 0.3 is 5.97 Å². The first-order valence-corrected chi connectivity index (χ1v) is 7.44. The maximum atomic E-state index is 11.5. The third-order valence-corrected chi connectivity index (χ3v) is 4.54. The minimum absolute atomic E-state index is 0.173. The van der Waals surface area contributed by atoms with Crippen molar-refractivity contribution in [3.63, 3.8) is 0 Å². The normalized spacial score (nSPS) is 23.3. The van der Waals surface area contributed by atoms with Crippen LogP contribution in [0.1, 0.15) is 53.9 Å². The standard InChI is InChI=1S/C15H30N2O2/c1-6-14(4)7-9-17(10-8-14)11-15(5,13(18)19)16-12(2)3/h12,16H,6-11H2,1-5H3,(H,18,19). The van der Waals surface area contributed by atoms with Crippen LogP contribution in [0.5, 0.6) is 0 Å². The minimum Gasteiger partial charge on any atom is -0.480 e. The van der Waals surface area contributed by atoms with Gasteiger partial charge in [-0.3, -0.25) is 10.1 Å². The lowest BCUT2D eigenvalue weighted by molar-refractivity contribution is -0.145. The number of carbonyl (C=O) groups is 1. The molecule has 1 fully saturated rings. The molecule has 0 aromatic rings. The second-order valence-corrected chi connectivity index (χ2v) is 6.88. The van der Waals surface area contributed by atoms with E-state index in [-0.39, 0.29) is 6.04 Å². The summed E-state index contributed by atoms with van der Waals surface area (Å²) >= 11 is 0. The Balaban J connectivity index is 2.60. The number of hydrogen-bond donors (Lipinski definition) is 2. The summed E-state index contributed by atoms with van der Waals surface area (Å²) in [4.78, 5) is 13.8. The van der Waals surface area contributed by atoms with E-state index in [0.29, 0.717) is 12.0 Å². The number of nitrogens with zero attached hydrogens (tertiary/aromatic N) is 1. The van der Waals surface area contributed by atoms with Crippen molar-refractivity contribution in [3.05, 3.63) is 0 Å². The lowest BCUT2D eigenvalue weighted by Gasteiger charge is -2.42. The number of piperidine rings is 1. The molecule has 4 nitrogen and oxygen atoms in total. The van der Waals surface area contributed by atoms with Crippen LogP contribution in [-0.4, -0.2) is 47.2 Å². The molecule has 0 aromatic carbocycles. The molecule has 1 aliphatic heterocycles. The molecule has 1 rings (SSSR count). The number of hydrogen-bond acceptors (Lipinski definition) is 3. The van der Waals surface area contributed by atoms with Gasteiger partial charge in [0, 0.05) is 12.6 Å². The lowest BCUT2D eigenvalue weighted by atomic mass is 9.78. The summed E-state index contributed by atoms with van der Waals surface area (Å²) in [6, 6.07) is 0.173. The summed E-state index contributed by atoms with van der Waals surface area (Å²) in [5, 5.41) is 12.7. The molecular formula is C15H30N2O2. The Bertz CT molecular complexity index is 309.